The van der Waals surface area contributed by atoms with Crippen LogP contribution in [0.5, 0.6) is 0 Å². The van der Waals surface area contributed by atoms with Gasteiger partial charge in [-0.3, -0.25) is 4.79 Å². The van der Waals surface area contributed by atoms with Gasteiger partial charge in [-0.15, -0.1) is 0 Å². The zero-order chi connectivity index (χ0) is 13.4. The lowest BCUT2D eigenvalue weighted by Gasteiger charge is -2.07. The summed E-state index contributed by atoms with van der Waals surface area (Å²) in [6.45, 7) is 4.37. The van der Waals surface area contributed by atoms with E-state index in [9.17, 15) is 4.79 Å². The number of amides is 1. The second-order valence-corrected chi connectivity index (χ2v) is 4.34. The third kappa shape index (κ3) is 5.03. The van der Waals surface area contributed by atoms with Crippen LogP contribution in [0.3, 0.4) is 0 Å². The van der Waals surface area contributed by atoms with E-state index in [4.69, 9.17) is 5.11 Å². The molecule has 0 heterocycles. The van der Waals surface area contributed by atoms with Crippen LogP contribution >= 0.6 is 0 Å². The molecule has 0 saturated carbocycles. The maximum absolute atomic E-state index is 11.4. The number of benzene rings is 1. The first-order valence-corrected chi connectivity index (χ1v) is 6.10. The van der Waals surface area contributed by atoms with Crippen molar-refractivity contribution in [1.29, 1.82) is 0 Å². The van der Waals surface area contributed by atoms with Crippen LogP contribution in [-0.2, 0) is 11.3 Å². The number of hydrogen-bond donors (Lipinski definition) is 2. The fourth-order valence-corrected chi connectivity index (χ4v) is 1.32. The summed E-state index contributed by atoms with van der Waals surface area (Å²) in [4.78, 5) is 11.4. The smallest absolute Gasteiger partial charge is 0.222 e. The molecular formula is C15H19NO2. The van der Waals surface area contributed by atoms with Crippen molar-refractivity contribution in [2.45, 2.75) is 26.8 Å². The first-order valence-electron chi connectivity index (χ1n) is 6.10. The SMILES string of the molecule is CC(C)C(=O)NCc1ccc(C#CCCO)cc1. The number of rotatable bonds is 4. The van der Waals surface area contributed by atoms with Gasteiger partial charge < -0.3 is 10.4 Å². The van der Waals surface area contributed by atoms with Crippen molar-refractivity contribution in [2.75, 3.05) is 6.61 Å². The van der Waals surface area contributed by atoms with Gasteiger partial charge in [0, 0.05) is 24.4 Å². The van der Waals surface area contributed by atoms with Gasteiger partial charge in [-0.05, 0) is 17.7 Å². The summed E-state index contributed by atoms with van der Waals surface area (Å²) in [7, 11) is 0. The second kappa shape index (κ2) is 7.52. The predicted octanol–water partition coefficient (Wildman–Crippen LogP) is 1.69. The molecule has 2 N–H and O–H groups in total. The molecule has 0 saturated heterocycles. The zero-order valence-electron chi connectivity index (χ0n) is 10.9. The monoisotopic (exact) mass is 245 g/mol. The summed E-state index contributed by atoms with van der Waals surface area (Å²) in [6.07, 6.45) is 0.492. The number of carbonyl (C=O) groups is 1. The molecule has 0 spiro atoms. The topological polar surface area (TPSA) is 49.3 Å². The van der Waals surface area contributed by atoms with Gasteiger partial charge in [-0.25, -0.2) is 0 Å². The molecule has 0 bridgehead atoms. The molecule has 0 unspecified atom stereocenters. The van der Waals surface area contributed by atoms with Crippen molar-refractivity contribution in [2.24, 2.45) is 5.92 Å². The Morgan fingerprint density at radius 3 is 2.56 bits per heavy atom. The van der Waals surface area contributed by atoms with E-state index in [1.807, 2.05) is 38.1 Å². The van der Waals surface area contributed by atoms with Crippen LogP contribution in [-0.4, -0.2) is 17.6 Å². The Hall–Kier alpha value is -1.79. The van der Waals surface area contributed by atoms with Crippen molar-refractivity contribution in [3.8, 4) is 11.8 Å². The first kappa shape index (κ1) is 14.3. The summed E-state index contributed by atoms with van der Waals surface area (Å²) >= 11 is 0. The average Bonchev–Trinajstić information content (AvgIpc) is 2.37. The third-order valence-corrected chi connectivity index (χ3v) is 2.41. The van der Waals surface area contributed by atoms with E-state index in [1.54, 1.807) is 0 Å². The number of aliphatic hydroxyl groups excluding tert-OH is 1. The van der Waals surface area contributed by atoms with E-state index in [2.05, 4.69) is 17.2 Å². The fourth-order valence-electron chi connectivity index (χ4n) is 1.32. The Morgan fingerprint density at radius 1 is 1.33 bits per heavy atom. The molecule has 0 aromatic heterocycles. The average molecular weight is 245 g/mol. The molecule has 0 fully saturated rings. The first-order chi connectivity index (χ1) is 8.63. The lowest BCUT2D eigenvalue weighted by Crippen LogP contribution is -2.27. The summed E-state index contributed by atoms with van der Waals surface area (Å²) in [5.74, 6) is 5.89. The van der Waals surface area contributed by atoms with E-state index < -0.39 is 0 Å². The molecule has 1 aromatic carbocycles. The Bertz CT molecular complexity index is 438. The van der Waals surface area contributed by atoms with Crippen LogP contribution in [0.2, 0.25) is 0 Å². The number of aliphatic hydroxyl groups is 1. The van der Waals surface area contributed by atoms with E-state index in [1.165, 1.54) is 0 Å². The minimum atomic E-state index is 0.00798. The van der Waals surface area contributed by atoms with Gasteiger partial charge in [0.1, 0.15) is 0 Å². The van der Waals surface area contributed by atoms with Gasteiger partial charge in [0.05, 0.1) is 6.61 Å². The van der Waals surface area contributed by atoms with E-state index >= 15 is 0 Å². The van der Waals surface area contributed by atoms with Gasteiger partial charge in [0.15, 0.2) is 0 Å². The van der Waals surface area contributed by atoms with E-state index in [0.717, 1.165) is 11.1 Å². The summed E-state index contributed by atoms with van der Waals surface area (Å²) in [5.41, 5.74) is 1.97. The molecule has 18 heavy (non-hydrogen) atoms. The number of hydrogen-bond acceptors (Lipinski definition) is 2. The summed E-state index contributed by atoms with van der Waals surface area (Å²) < 4.78 is 0. The van der Waals surface area contributed by atoms with Gasteiger partial charge in [0.25, 0.3) is 0 Å². The molecule has 1 aromatic rings. The standard InChI is InChI=1S/C15H19NO2/c1-12(2)15(18)16-11-14-8-6-13(7-9-14)5-3-4-10-17/h6-9,12,17H,4,10-11H2,1-2H3,(H,16,18). The van der Waals surface area contributed by atoms with Crippen molar-refractivity contribution >= 4 is 5.91 Å². The third-order valence-electron chi connectivity index (χ3n) is 2.41. The van der Waals surface area contributed by atoms with Crippen LogP contribution in [0.1, 0.15) is 31.4 Å². The van der Waals surface area contributed by atoms with Crippen molar-refractivity contribution < 1.29 is 9.90 Å². The van der Waals surface area contributed by atoms with Gasteiger partial charge >= 0.3 is 0 Å². The Labute approximate surface area is 108 Å². The van der Waals surface area contributed by atoms with Crippen molar-refractivity contribution in [1.82, 2.24) is 5.32 Å². The largest absolute Gasteiger partial charge is 0.395 e. The quantitative estimate of drug-likeness (QED) is 0.793. The van der Waals surface area contributed by atoms with Crippen LogP contribution in [0.15, 0.2) is 24.3 Å². The highest BCUT2D eigenvalue weighted by Crippen LogP contribution is 2.03. The second-order valence-electron chi connectivity index (χ2n) is 4.34. The van der Waals surface area contributed by atoms with Crippen LogP contribution in [0, 0.1) is 17.8 Å². The minimum absolute atomic E-state index is 0.00798. The molecule has 0 atom stereocenters. The molecule has 3 nitrogen and oxygen atoms in total. The Balaban J connectivity index is 2.51. The highest BCUT2D eigenvalue weighted by Gasteiger charge is 2.05. The molecule has 1 amide bonds. The molecule has 1 rings (SSSR count). The minimum Gasteiger partial charge on any atom is -0.395 e. The molecule has 3 heteroatoms. The lowest BCUT2D eigenvalue weighted by atomic mass is 10.1. The van der Waals surface area contributed by atoms with Gasteiger partial charge in [0.2, 0.25) is 5.91 Å². The summed E-state index contributed by atoms with van der Waals surface area (Å²) in [6, 6.07) is 7.73. The normalized spacial score (nSPS) is 9.78. The zero-order valence-corrected chi connectivity index (χ0v) is 10.9. The highest BCUT2D eigenvalue weighted by atomic mass is 16.2. The van der Waals surface area contributed by atoms with E-state index in [-0.39, 0.29) is 18.4 Å². The van der Waals surface area contributed by atoms with Crippen molar-refractivity contribution in [3.05, 3.63) is 35.4 Å². The Morgan fingerprint density at radius 2 is 2.00 bits per heavy atom. The highest BCUT2D eigenvalue weighted by molar-refractivity contribution is 5.77. The van der Waals surface area contributed by atoms with E-state index in [0.29, 0.717) is 13.0 Å². The van der Waals surface area contributed by atoms with Crippen LogP contribution < -0.4 is 5.32 Å². The fraction of sp³-hybridized carbons (Fsp3) is 0.400. The molecule has 0 aliphatic rings. The van der Waals surface area contributed by atoms with Crippen LogP contribution in [0.25, 0.3) is 0 Å². The number of nitrogens with one attached hydrogen (secondary N) is 1. The maximum Gasteiger partial charge on any atom is 0.222 e. The van der Waals surface area contributed by atoms with Crippen molar-refractivity contribution in [3.63, 3.8) is 0 Å². The van der Waals surface area contributed by atoms with Gasteiger partial charge in [-0.1, -0.05) is 37.8 Å². The molecule has 0 aliphatic carbocycles. The lowest BCUT2D eigenvalue weighted by molar-refractivity contribution is -0.124. The van der Waals surface area contributed by atoms with Gasteiger partial charge in [-0.2, -0.15) is 0 Å². The maximum atomic E-state index is 11.4. The van der Waals surface area contributed by atoms with Crippen LogP contribution in [0.4, 0.5) is 0 Å². The molecule has 96 valence electrons. The Kier molecular flexibility index (Phi) is 5.96. The molecular weight excluding hydrogens is 226 g/mol. The summed E-state index contributed by atoms with van der Waals surface area (Å²) in [5, 5.41) is 11.5. The number of carbonyl (C=O) groups excluding carboxylic acids is 1. The molecule has 0 aliphatic heterocycles. The predicted molar refractivity (Wildman–Crippen MR) is 71.7 cm³/mol. The molecule has 0 radical (unpaired) electrons.